The Morgan fingerprint density at radius 1 is 1.08 bits per heavy atom. The van der Waals surface area contributed by atoms with Crippen LogP contribution >= 0.6 is 11.6 Å². The average Bonchev–Trinajstić information content (AvgIpc) is 2.62. The van der Waals surface area contributed by atoms with Gasteiger partial charge in [-0.05, 0) is 12.1 Å². The second-order valence-electron chi connectivity index (χ2n) is 5.26. The third-order valence-corrected chi connectivity index (χ3v) is 3.79. The van der Waals surface area contributed by atoms with E-state index in [1.54, 1.807) is 43.4 Å². The first-order chi connectivity index (χ1) is 12.0. The van der Waals surface area contributed by atoms with E-state index in [0.717, 1.165) is 0 Å². The number of hydrogen-bond acceptors (Lipinski definition) is 4. The summed E-state index contributed by atoms with van der Waals surface area (Å²) in [6.07, 6.45) is 0. The second-order valence-corrected chi connectivity index (χ2v) is 5.67. The zero-order chi connectivity index (χ0) is 18.4. The van der Waals surface area contributed by atoms with Crippen molar-refractivity contribution in [3.63, 3.8) is 0 Å². The van der Waals surface area contributed by atoms with Gasteiger partial charge in [0.15, 0.2) is 0 Å². The SMILES string of the molecule is COc1cc(NC(=O)CN(C)C(=O)c2ccccc2)c(OC)cc1Cl. The fourth-order valence-electron chi connectivity index (χ4n) is 2.24. The average molecular weight is 363 g/mol. The van der Waals surface area contributed by atoms with Crippen LogP contribution < -0.4 is 14.8 Å². The molecule has 25 heavy (non-hydrogen) atoms. The van der Waals surface area contributed by atoms with Crippen molar-refractivity contribution in [1.82, 2.24) is 4.90 Å². The number of amides is 2. The molecular formula is C18H19ClN2O4. The number of rotatable bonds is 6. The Bertz CT molecular complexity index is 765. The van der Waals surface area contributed by atoms with E-state index in [0.29, 0.717) is 27.8 Å². The summed E-state index contributed by atoms with van der Waals surface area (Å²) >= 11 is 6.04. The summed E-state index contributed by atoms with van der Waals surface area (Å²) in [5.41, 5.74) is 0.929. The summed E-state index contributed by atoms with van der Waals surface area (Å²) in [5.74, 6) is 0.202. The van der Waals surface area contributed by atoms with Gasteiger partial charge in [-0.15, -0.1) is 0 Å². The fourth-order valence-corrected chi connectivity index (χ4v) is 2.47. The monoisotopic (exact) mass is 362 g/mol. The van der Waals surface area contributed by atoms with Crippen LogP contribution in [-0.4, -0.2) is 44.5 Å². The molecule has 1 N–H and O–H groups in total. The molecule has 0 aromatic heterocycles. The molecular weight excluding hydrogens is 344 g/mol. The normalized spacial score (nSPS) is 10.1. The maximum absolute atomic E-state index is 12.3. The maximum Gasteiger partial charge on any atom is 0.254 e. The summed E-state index contributed by atoms with van der Waals surface area (Å²) in [4.78, 5) is 25.9. The molecule has 0 saturated heterocycles. The summed E-state index contributed by atoms with van der Waals surface area (Å²) in [5, 5.41) is 3.07. The fraction of sp³-hybridized carbons (Fsp3) is 0.222. The molecule has 0 heterocycles. The standard InChI is InChI=1S/C18H19ClN2O4/c1-21(18(23)12-7-5-4-6-8-12)11-17(22)20-14-10-15(24-2)13(19)9-16(14)25-3/h4-10H,11H2,1-3H3,(H,20,22). The van der Waals surface area contributed by atoms with Crippen molar-refractivity contribution in [2.45, 2.75) is 0 Å². The van der Waals surface area contributed by atoms with E-state index in [2.05, 4.69) is 5.32 Å². The van der Waals surface area contributed by atoms with E-state index in [1.807, 2.05) is 6.07 Å². The minimum absolute atomic E-state index is 0.109. The lowest BCUT2D eigenvalue weighted by Crippen LogP contribution is -2.35. The van der Waals surface area contributed by atoms with Crippen molar-refractivity contribution in [3.05, 3.63) is 53.1 Å². The van der Waals surface area contributed by atoms with Gasteiger partial charge in [-0.1, -0.05) is 29.8 Å². The van der Waals surface area contributed by atoms with Crippen LogP contribution in [0.5, 0.6) is 11.5 Å². The quantitative estimate of drug-likeness (QED) is 0.857. The third kappa shape index (κ3) is 4.64. The van der Waals surface area contributed by atoms with Gasteiger partial charge in [-0.25, -0.2) is 0 Å². The molecule has 0 saturated carbocycles. The van der Waals surface area contributed by atoms with Crippen LogP contribution in [0.1, 0.15) is 10.4 Å². The predicted octanol–water partition coefficient (Wildman–Crippen LogP) is 3.07. The molecule has 2 aromatic rings. The maximum atomic E-state index is 12.3. The van der Waals surface area contributed by atoms with E-state index in [-0.39, 0.29) is 18.4 Å². The van der Waals surface area contributed by atoms with Crippen LogP contribution in [0.4, 0.5) is 5.69 Å². The summed E-state index contributed by atoms with van der Waals surface area (Å²) in [7, 11) is 4.51. The van der Waals surface area contributed by atoms with Gasteiger partial charge >= 0.3 is 0 Å². The lowest BCUT2D eigenvalue weighted by molar-refractivity contribution is -0.116. The number of methoxy groups -OCH3 is 2. The van der Waals surface area contributed by atoms with Crippen molar-refractivity contribution >= 4 is 29.1 Å². The van der Waals surface area contributed by atoms with Gasteiger partial charge in [0, 0.05) is 24.7 Å². The molecule has 0 unspecified atom stereocenters. The van der Waals surface area contributed by atoms with E-state index >= 15 is 0 Å². The highest BCUT2D eigenvalue weighted by atomic mass is 35.5. The van der Waals surface area contributed by atoms with Crippen LogP contribution in [0.15, 0.2) is 42.5 Å². The predicted molar refractivity (Wildman–Crippen MR) is 96.6 cm³/mol. The first kappa shape index (κ1) is 18.6. The summed E-state index contributed by atoms with van der Waals surface area (Å²) in [6, 6.07) is 11.9. The number of carbonyl (C=O) groups excluding carboxylic acids is 2. The van der Waals surface area contributed by atoms with E-state index in [4.69, 9.17) is 21.1 Å². The van der Waals surface area contributed by atoms with Gasteiger partial charge in [-0.3, -0.25) is 9.59 Å². The Balaban J connectivity index is 2.08. The highest BCUT2D eigenvalue weighted by Crippen LogP contribution is 2.35. The van der Waals surface area contributed by atoms with Crippen molar-refractivity contribution in [2.24, 2.45) is 0 Å². The molecule has 0 bridgehead atoms. The first-order valence-corrected chi connectivity index (χ1v) is 7.86. The summed E-state index contributed by atoms with van der Waals surface area (Å²) < 4.78 is 10.4. The van der Waals surface area contributed by atoms with Gasteiger partial charge in [0.1, 0.15) is 11.5 Å². The molecule has 6 nitrogen and oxygen atoms in total. The number of nitrogens with zero attached hydrogens (tertiary/aromatic N) is 1. The van der Waals surface area contributed by atoms with Crippen molar-refractivity contribution in [2.75, 3.05) is 33.1 Å². The van der Waals surface area contributed by atoms with E-state index < -0.39 is 0 Å². The number of ether oxygens (including phenoxy) is 2. The molecule has 0 spiro atoms. The minimum Gasteiger partial charge on any atom is -0.495 e. The Kier molecular flexibility index (Phi) is 6.25. The van der Waals surface area contributed by atoms with Crippen molar-refractivity contribution in [3.8, 4) is 11.5 Å². The molecule has 132 valence electrons. The molecule has 2 amide bonds. The largest absolute Gasteiger partial charge is 0.495 e. The summed E-state index contributed by atoms with van der Waals surface area (Å²) in [6.45, 7) is -0.109. The molecule has 7 heteroatoms. The third-order valence-electron chi connectivity index (χ3n) is 3.50. The lowest BCUT2D eigenvalue weighted by atomic mass is 10.2. The van der Waals surface area contributed by atoms with Crippen LogP contribution in [0.25, 0.3) is 0 Å². The van der Waals surface area contributed by atoms with Crippen LogP contribution in [0.3, 0.4) is 0 Å². The smallest absolute Gasteiger partial charge is 0.254 e. The highest BCUT2D eigenvalue weighted by molar-refractivity contribution is 6.32. The number of hydrogen-bond donors (Lipinski definition) is 1. The molecule has 0 radical (unpaired) electrons. The zero-order valence-corrected chi connectivity index (χ0v) is 15.0. The molecule has 2 rings (SSSR count). The number of likely N-dealkylation sites (N-methyl/N-ethyl adjacent to an activating group) is 1. The molecule has 0 aliphatic heterocycles. The number of carbonyl (C=O) groups is 2. The topological polar surface area (TPSA) is 67.9 Å². The Morgan fingerprint density at radius 3 is 2.32 bits per heavy atom. The van der Waals surface area contributed by atoms with Crippen LogP contribution in [0.2, 0.25) is 5.02 Å². The first-order valence-electron chi connectivity index (χ1n) is 7.48. The molecule has 0 atom stereocenters. The molecule has 0 aliphatic rings. The Labute approximate surface area is 151 Å². The molecule has 0 fully saturated rings. The Hall–Kier alpha value is -2.73. The molecule has 2 aromatic carbocycles. The van der Waals surface area contributed by atoms with Crippen molar-refractivity contribution in [1.29, 1.82) is 0 Å². The minimum atomic E-state index is -0.366. The number of nitrogens with one attached hydrogen (secondary N) is 1. The number of benzene rings is 2. The van der Waals surface area contributed by atoms with Gasteiger partial charge in [-0.2, -0.15) is 0 Å². The Morgan fingerprint density at radius 2 is 1.72 bits per heavy atom. The van der Waals surface area contributed by atoms with Gasteiger partial charge in [0.05, 0.1) is 31.5 Å². The zero-order valence-electron chi connectivity index (χ0n) is 14.2. The van der Waals surface area contributed by atoms with E-state index in [9.17, 15) is 9.59 Å². The lowest BCUT2D eigenvalue weighted by Gasteiger charge is -2.18. The van der Waals surface area contributed by atoms with E-state index in [1.165, 1.54) is 19.1 Å². The van der Waals surface area contributed by atoms with Crippen molar-refractivity contribution < 1.29 is 19.1 Å². The highest BCUT2D eigenvalue weighted by Gasteiger charge is 2.17. The number of halogens is 1. The van der Waals surface area contributed by atoms with Crippen LogP contribution in [-0.2, 0) is 4.79 Å². The van der Waals surface area contributed by atoms with Gasteiger partial charge < -0.3 is 19.7 Å². The second kappa shape index (κ2) is 8.39. The van der Waals surface area contributed by atoms with Gasteiger partial charge in [0.2, 0.25) is 5.91 Å². The van der Waals surface area contributed by atoms with Crippen LogP contribution in [0, 0.1) is 0 Å². The van der Waals surface area contributed by atoms with Gasteiger partial charge in [0.25, 0.3) is 5.91 Å². The number of anilines is 1. The molecule has 0 aliphatic carbocycles.